The second kappa shape index (κ2) is 12.5. The summed E-state index contributed by atoms with van der Waals surface area (Å²) >= 11 is 12.6. The van der Waals surface area contributed by atoms with Gasteiger partial charge in [0.25, 0.3) is 0 Å². The molecule has 0 unspecified atom stereocenters. The van der Waals surface area contributed by atoms with Crippen molar-refractivity contribution in [3.63, 3.8) is 0 Å². The van der Waals surface area contributed by atoms with Gasteiger partial charge in [0, 0.05) is 49.2 Å². The van der Waals surface area contributed by atoms with Crippen LogP contribution in [0.4, 0.5) is 4.79 Å². The Morgan fingerprint density at radius 3 is 2.05 bits per heavy atom. The number of amides is 3. The zero-order chi connectivity index (χ0) is 30.9. The molecule has 0 spiro atoms. The Bertz CT molecular complexity index is 1520. The first kappa shape index (κ1) is 30.7. The lowest BCUT2D eigenvalue weighted by atomic mass is 9.81. The molecule has 0 saturated carbocycles. The van der Waals surface area contributed by atoms with Gasteiger partial charge in [-0.15, -0.1) is 0 Å². The maximum Gasteiger partial charge on any atom is 0.326 e. The van der Waals surface area contributed by atoms with E-state index in [4.69, 9.17) is 37.7 Å². The molecule has 0 N–H and O–H groups in total. The largest absolute Gasteiger partial charge is 0.497 e. The molecule has 3 aromatic rings. The number of ether oxygens (including phenoxy) is 2. The molecule has 0 radical (unpaired) electrons. The third-order valence-electron chi connectivity index (χ3n) is 7.97. The first-order valence-electron chi connectivity index (χ1n) is 14.3. The number of hydrogen-bond donors (Lipinski definition) is 0. The van der Waals surface area contributed by atoms with Gasteiger partial charge in [-0.25, -0.2) is 4.79 Å². The van der Waals surface area contributed by atoms with Gasteiger partial charge in [-0.2, -0.15) is 0 Å². The minimum Gasteiger partial charge on any atom is -0.497 e. The predicted octanol–water partition coefficient (Wildman–Crippen LogP) is 6.79. The number of amidine groups is 1. The predicted molar refractivity (Wildman–Crippen MR) is 169 cm³/mol. The second-order valence-corrected chi connectivity index (χ2v) is 12.1. The highest BCUT2D eigenvalue weighted by Crippen LogP contribution is 2.50. The quantitative estimate of drug-likeness (QED) is 0.303. The molecule has 1 fully saturated rings. The van der Waals surface area contributed by atoms with Crippen LogP contribution in [0.15, 0.2) is 71.7 Å². The fourth-order valence-electron chi connectivity index (χ4n) is 5.76. The average Bonchev–Trinajstić information content (AvgIpc) is 3.30. The molecule has 3 amide bonds. The summed E-state index contributed by atoms with van der Waals surface area (Å²) in [7, 11) is 1.60. The molecule has 8 nitrogen and oxygen atoms in total. The molecular formula is C33H36Cl2N4O4. The van der Waals surface area contributed by atoms with E-state index < -0.39 is 11.6 Å². The van der Waals surface area contributed by atoms with Crippen LogP contribution < -0.4 is 9.47 Å². The van der Waals surface area contributed by atoms with Crippen molar-refractivity contribution >= 4 is 41.0 Å². The monoisotopic (exact) mass is 622 g/mol. The number of halogens is 2. The average molecular weight is 624 g/mol. The Morgan fingerprint density at radius 2 is 1.49 bits per heavy atom. The smallest absolute Gasteiger partial charge is 0.326 e. The van der Waals surface area contributed by atoms with Crippen LogP contribution in [0.25, 0.3) is 0 Å². The van der Waals surface area contributed by atoms with Crippen LogP contribution in [0.5, 0.6) is 11.5 Å². The first-order chi connectivity index (χ1) is 20.5. The van der Waals surface area contributed by atoms with Crippen LogP contribution in [0.3, 0.4) is 0 Å². The van der Waals surface area contributed by atoms with Crippen LogP contribution in [-0.2, 0) is 10.3 Å². The van der Waals surface area contributed by atoms with Crippen LogP contribution in [0, 0.1) is 0 Å². The summed E-state index contributed by atoms with van der Waals surface area (Å²) in [6.45, 7) is 9.23. The fraction of sp³-hybridized carbons (Fsp3) is 0.364. The molecule has 2 heterocycles. The van der Waals surface area contributed by atoms with E-state index in [-0.39, 0.29) is 18.0 Å². The molecule has 0 aromatic heterocycles. The zero-order valence-corrected chi connectivity index (χ0v) is 26.5. The van der Waals surface area contributed by atoms with Crippen molar-refractivity contribution in [1.29, 1.82) is 0 Å². The number of nitrogens with zero attached hydrogens (tertiary/aromatic N) is 4. The van der Waals surface area contributed by atoms with Gasteiger partial charge in [0.2, 0.25) is 5.91 Å². The van der Waals surface area contributed by atoms with Crippen LogP contribution in [-0.4, -0.2) is 71.9 Å². The maximum atomic E-state index is 14.7. The lowest BCUT2D eigenvalue weighted by Crippen LogP contribution is -2.55. The van der Waals surface area contributed by atoms with E-state index in [1.807, 2.05) is 87.5 Å². The van der Waals surface area contributed by atoms with Crippen molar-refractivity contribution in [3.8, 4) is 11.5 Å². The van der Waals surface area contributed by atoms with Gasteiger partial charge >= 0.3 is 6.03 Å². The SMILES string of the molecule is COc1ccc(C2=N[C@@](C)(c3ccc(Cl)cc3)[C@H](c3ccc(Cl)cc3)N2C(=O)N2CCN(C(C)=O)CC2)c(OC(C)C)c1. The minimum atomic E-state index is -0.903. The number of aliphatic imine (C=N–C) groups is 1. The van der Waals surface area contributed by atoms with E-state index in [2.05, 4.69) is 0 Å². The number of rotatable bonds is 6. The highest BCUT2D eigenvalue weighted by Gasteiger charge is 2.51. The van der Waals surface area contributed by atoms with E-state index in [1.165, 1.54) is 0 Å². The molecule has 226 valence electrons. The van der Waals surface area contributed by atoms with Crippen molar-refractivity contribution in [2.75, 3.05) is 33.3 Å². The molecule has 2 aliphatic rings. The summed E-state index contributed by atoms with van der Waals surface area (Å²) in [6, 6.07) is 19.9. The van der Waals surface area contributed by atoms with Crippen molar-refractivity contribution in [1.82, 2.24) is 14.7 Å². The minimum absolute atomic E-state index is 0.00131. The molecule has 0 aliphatic carbocycles. The number of methoxy groups -OCH3 is 1. The van der Waals surface area contributed by atoms with E-state index in [0.29, 0.717) is 59.1 Å². The van der Waals surface area contributed by atoms with Gasteiger partial charge in [-0.3, -0.25) is 14.7 Å². The fourth-order valence-corrected chi connectivity index (χ4v) is 6.01. The molecule has 10 heteroatoms. The van der Waals surface area contributed by atoms with Crippen molar-refractivity contribution in [3.05, 3.63) is 93.5 Å². The number of piperazine rings is 1. The molecule has 3 aromatic carbocycles. The molecule has 5 rings (SSSR count). The van der Waals surface area contributed by atoms with Crippen molar-refractivity contribution in [2.24, 2.45) is 4.99 Å². The summed E-state index contributed by atoms with van der Waals surface area (Å²) in [6.07, 6.45) is -0.133. The third-order valence-corrected chi connectivity index (χ3v) is 8.47. The van der Waals surface area contributed by atoms with E-state index in [9.17, 15) is 9.59 Å². The Morgan fingerprint density at radius 1 is 0.907 bits per heavy atom. The third kappa shape index (κ3) is 6.17. The van der Waals surface area contributed by atoms with Crippen LogP contribution in [0.1, 0.15) is 50.4 Å². The van der Waals surface area contributed by atoms with Crippen LogP contribution in [0.2, 0.25) is 10.0 Å². The topological polar surface area (TPSA) is 74.7 Å². The second-order valence-electron chi connectivity index (χ2n) is 11.2. The lowest BCUT2D eigenvalue weighted by Gasteiger charge is -2.40. The van der Waals surface area contributed by atoms with E-state index in [0.717, 1.165) is 11.1 Å². The van der Waals surface area contributed by atoms with Gasteiger partial charge in [-0.05, 0) is 68.3 Å². The Labute approximate surface area is 262 Å². The number of hydrogen-bond acceptors (Lipinski definition) is 5. The van der Waals surface area contributed by atoms with Crippen molar-refractivity contribution < 1.29 is 19.1 Å². The first-order valence-corrected chi connectivity index (χ1v) is 15.1. The highest BCUT2D eigenvalue weighted by atomic mass is 35.5. The standard InChI is InChI=1S/C33H36Cl2N4O4/c1-21(2)43-29-20-27(42-5)14-15-28(29)31-36-33(4,24-8-12-26(35)13-9-24)30(23-6-10-25(34)11-7-23)39(31)32(41)38-18-16-37(17-19-38)22(3)40/h6-15,20-21,30H,16-19H2,1-5H3/t30-,33-/m0/s1. The zero-order valence-electron chi connectivity index (χ0n) is 25.0. The maximum absolute atomic E-state index is 14.7. The van der Waals surface area contributed by atoms with E-state index >= 15 is 0 Å². The molecule has 2 aliphatic heterocycles. The Hall–Kier alpha value is -3.75. The molecule has 2 atom stereocenters. The normalized spacial score (nSPS) is 20.3. The number of urea groups is 1. The summed E-state index contributed by atoms with van der Waals surface area (Å²) < 4.78 is 11.8. The molecule has 43 heavy (non-hydrogen) atoms. The summed E-state index contributed by atoms with van der Waals surface area (Å²) in [4.78, 5) is 37.4. The Balaban J connectivity index is 1.71. The van der Waals surface area contributed by atoms with Gasteiger partial charge in [0.15, 0.2) is 0 Å². The number of carbonyl (C=O) groups excluding carboxylic acids is 2. The number of carbonyl (C=O) groups is 2. The summed E-state index contributed by atoms with van der Waals surface area (Å²) in [5.74, 6) is 1.67. The van der Waals surface area contributed by atoms with Crippen LogP contribution >= 0.6 is 23.2 Å². The summed E-state index contributed by atoms with van der Waals surface area (Å²) in [5, 5.41) is 1.20. The summed E-state index contributed by atoms with van der Waals surface area (Å²) in [5.41, 5.74) is 1.53. The van der Waals surface area contributed by atoms with Gasteiger partial charge in [0.1, 0.15) is 22.9 Å². The van der Waals surface area contributed by atoms with E-state index in [1.54, 1.807) is 28.7 Å². The molecule has 1 saturated heterocycles. The van der Waals surface area contributed by atoms with Gasteiger partial charge in [-0.1, -0.05) is 47.5 Å². The number of benzene rings is 3. The van der Waals surface area contributed by atoms with Crippen molar-refractivity contribution in [2.45, 2.75) is 45.4 Å². The molecule has 0 bridgehead atoms. The van der Waals surface area contributed by atoms with Gasteiger partial charge in [0.05, 0.1) is 24.8 Å². The molecular weight excluding hydrogens is 587 g/mol. The van der Waals surface area contributed by atoms with Gasteiger partial charge < -0.3 is 19.3 Å². The lowest BCUT2D eigenvalue weighted by molar-refractivity contribution is -0.130. The highest BCUT2D eigenvalue weighted by molar-refractivity contribution is 6.30. The Kier molecular flexibility index (Phi) is 8.90.